The van der Waals surface area contributed by atoms with E-state index < -0.39 is 0 Å². The lowest BCUT2D eigenvalue weighted by Gasteiger charge is -2.26. The average molecular weight is 282 g/mol. The van der Waals surface area contributed by atoms with E-state index in [2.05, 4.69) is 28.1 Å². The number of hydrogen-bond acceptors (Lipinski definition) is 3. The highest BCUT2D eigenvalue weighted by Gasteiger charge is 2.09. The van der Waals surface area contributed by atoms with Crippen LogP contribution in [0.1, 0.15) is 19.3 Å². The summed E-state index contributed by atoms with van der Waals surface area (Å²) in [6.45, 7) is 4.15. The van der Waals surface area contributed by atoms with Crippen molar-refractivity contribution in [3.05, 3.63) is 48.7 Å². The number of nitrogens with zero attached hydrogens (tertiary/aromatic N) is 2. The molecule has 1 fully saturated rings. The third kappa shape index (κ3) is 4.05. The van der Waals surface area contributed by atoms with E-state index >= 15 is 0 Å². The van der Waals surface area contributed by atoms with Crippen LogP contribution in [-0.2, 0) is 0 Å². The molecule has 1 aliphatic rings. The van der Waals surface area contributed by atoms with Crippen molar-refractivity contribution in [3.8, 4) is 17.0 Å². The molecule has 1 aliphatic heterocycles. The average Bonchev–Trinajstić information content (AvgIpc) is 2.57. The standard InChI is InChI=1S/C18H22N2O/c1-3-7-16(8-4-1)17-9-10-18(19-15-17)21-14-13-20-11-5-2-6-12-20/h1,3-4,7-10,15H,2,5-6,11-14H2. The Kier molecular flexibility index (Phi) is 4.85. The molecule has 0 aliphatic carbocycles. The Morgan fingerprint density at radius 2 is 1.71 bits per heavy atom. The molecule has 0 saturated carbocycles. The Hall–Kier alpha value is -1.87. The van der Waals surface area contributed by atoms with Crippen molar-refractivity contribution in [2.24, 2.45) is 0 Å². The lowest BCUT2D eigenvalue weighted by atomic mass is 10.1. The van der Waals surface area contributed by atoms with Crippen LogP contribution >= 0.6 is 0 Å². The summed E-state index contributed by atoms with van der Waals surface area (Å²) < 4.78 is 5.75. The largest absolute Gasteiger partial charge is 0.476 e. The zero-order valence-electron chi connectivity index (χ0n) is 12.4. The van der Waals surface area contributed by atoms with E-state index in [0.717, 1.165) is 18.7 Å². The fraction of sp³-hybridized carbons (Fsp3) is 0.389. The first-order valence-corrected chi connectivity index (χ1v) is 7.78. The minimum absolute atomic E-state index is 0.715. The third-order valence-electron chi connectivity index (χ3n) is 3.95. The normalized spacial score (nSPS) is 15.8. The molecule has 0 bridgehead atoms. The lowest BCUT2D eigenvalue weighted by Crippen LogP contribution is -2.33. The molecule has 3 heteroatoms. The molecule has 0 unspecified atom stereocenters. The van der Waals surface area contributed by atoms with Crippen molar-refractivity contribution < 1.29 is 4.74 Å². The first-order chi connectivity index (χ1) is 10.4. The molecule has 2 aromatic rings. The monoisotopic (exact) mass is 282 g/mol. The van der Waals surface area contributed by atoms with E-state index in [9.17, 15) is 0 Å². The summed E-state index contributed by atoms with van der Waals surface area (Å²) in [5.74, 6) is 0.715. The van der Waals surface area contributed by atoms with E-state index in [0.29, 0.717) is 5.88 Å². The molecule has 1 saturated heterocycles. The van der Waals surface area contributed by atoms with Gasteiger partial charge in [0.2, 0.25) is 5.88 Å². The van der Waals surface area contributed by atoms with E-state index in [4.69, 9.17) is 4.74 Å². The van der Waals surface area contributed by atoms with Crippen molar-refractivity contribution in [2.45, 2.75) is 19.3 Å². The lowest BCUT2D eigenvalue weighted by molar-refractivity contribution is 0.180. The van der Waals surface area contributed by atoms with Gasteiger partial charge in [0.05, 0.1) is 0 Å². The summed E-state index contributed by atoms with van der Waals surface area (Å²) in [5, 5.41) is 0. The summed E-state index contributed by atoms with van der Waals surface area (Å²) in [5.41, 5.74) is 2.31. The van der Waals surface area contributed by atoms with E-state index in [-0.39, 0.29) is 0 Å². The van der Waals surface area contributed by atoms with Crippen LogP contribution in [0.4, 0.5) is 0 Å². The fourth-order valence-corrected chi connectivity index (χ4v) is 2.73. The van der Waals surface area contributed by atoms with Gasteiger partial charge >= 0.3 is 0 Å². The van der Waals surface area contributed by atoms with Crippen LogP contribution in [-0.4, -0.2) is 36.1 Å². The maximum Gasteiger partial charge on any atom is 0.213 e. The first kappa shape index (κ1) is 14.1. The quantitative estimate of drug-likeness (QED) is 0.837. The molecule has 0 N–H and O–H groups in total. The Morgan fingerprint density at radius 1 is 0.905 bits per heavy atom. The minimum Gasteiger partial charge on any atom is -0.476 e. The minimum atomic E-state index is 0.715. The zero-order valence-corrected chi connectivity index (χ0v) is 12.4. The van der Waals surface area contributed by atoms with Crippen LogP contribution in [0.25, 0.3) is 11.1 Å². The van der Waals surface area contributed by atoms with Gasteiger partial charge in [0.1, 0.15) is 6.61 Å². The van der Waals surface area contributed by atoms with Crippen LogP contribution < -0.4 is 4.74 Å². The van der Waals surface area contributed by atoms with Gasteiger partial charge in [-0.25, -0.2) is 4.98 Å². The summed E-state index contributed by atoms with van der Waals surface area (Å²) >= 11 is 0. The second-order valence-corrected chi connectivity index (χ2v) is 5.50. The number of benzene rings is 1. The Morgan fingerprint density at radius 3 is 2.43 bits per heavy atom. The van der Waals surface area contributed by atoms with Crippen LogP contribution in [0, 0.1) is 0 Å². The predicted molar refractivity (Wildman–Crippen MR) is 85.5 cm³/mol. The molecule has 0 atom stereocenters. The van der Waals surface area contributed by atoms with Crippen LogP contribution in [0.2, 0.25) is 0 Å². The van der Waals surface area contributed by atoms with Crippen molar-refractivity contribution >= 4 is 0 Å². The highest BCUT2D eigenvalue weighted by atomic mass is 16.5. The van der Waals surface area contributed by atoms with Crippen molar-refractivity contribution in [1.29, 1.82) is 0 Å². The number of hydrogen-bond donors (Lipinski definition) is 0. The van der Waals surface area contributed by atoms with E-state index in [1.54, 1.807) is 0 Å². The second kappa shape index (κ2) is 7.23. The van der Waals surface area contributed by atoms with Crippen LogP contribution in [0.3, 0.4) is 0 Å². The zero-order chi connectivity index (χ0) is 14.3. The van der Waals surface area contributed by atoms with Crippen LogP contribution in [0.5, 0.6) is 5.88 Å². The molecular formula is C18H22N2O. The van der Waals surface area contributed by atoms with Crippen molar-refractivity contribution in [2.75, 3.05) is 26.2 Å². The number of ether oxygens (including phenoxy) is 1. The van der Waals surface area contributed by atoms with Crippen molar-refractivity contribution in [3.63, 3.8) is 0 Å². The number of likely N-dealkylation sites (tertiary alicyclic amines) is 1. The molecular weight excluding hydrogens is 260 g/mol. The highest BCUT2D eigenvalue weighted by Crippen LogP contribution is 2.19. The SMILES string of the molecule is c1ccc(-c2ccc(OCCN3CCCCC3)nc2)cc1. The molecule has 1 aromatic carbocycles. The molecule has 110 valence electrons. The molecule has 1 aromatic heterocycles. The number of pyridine rings is 1. The first-order valence-electron chi connectivity index (χ1n) is 7.78. The topological polar surface area (TPSA) is 25.4 Å². The Bertz CT molecular complexity index is 533. The summed E-state index contributed by atoms with van der Waals surface area (Å²) in [7, 11) is 0. The van der Waals surface area contributed by atoms with E-state index in [1.165, 1.54) is 37.9 Å². The molecule has 0 spiro atoms. The highest BCUT2D eigenvalue weighted by molar-refractivity contribution is 5.62. The molecule has 2 heterocycles. The molecule has 0 radical (unpaired) electrons. The molecule has 21 heavy (non-hydrogen) atoms. The summed E-state index contributed by atoms with van der Waals surface area (Å²) in [4.78, 5) is 6.87. The second-order valence-electron chi connectivity index (χ2n) is 5.50. The van der Waals surface area contributed by atoms with Gasteiger partial charge < -0.3 is 4.74 Å². The summed E-state index contributed by atoms with van der Waals surface area (Å²) in [6, 6.07) is 14.3. The van der Waals surface area contributed by atoms with Gasteiger partial charge in [-0.05, 0) is 37.6 Å². The molecule has 3 rings (SSSR count). The Balaban J connectivity index is 1.50. The van der Waals surface area contributed by atoms with Gasteiger partial charge in [0.15, 0.2) is 0 Å². The predicted octanol–water partition coefficient (Wildman–Crippen LogP) is 3.61. The van der Waals surface area contributed by atoms with Gasteiger partial charge in [-0.2, -0.15) is 0 Å². The smallest absolute Gasteiger partial charge is 0.213 e. The van der Waals surface area contributed by atoms with Gasteiger partial charge in [-0.1, -0.05) is 36.8 Å². The maximum atomic E-state index is 5.75. The van der Waals surface area contributed by atoms with Gasteiger partial charge in [0.25, 0.3) is 0 Å². The number of piperidine rings is 1. The maximum absolute atomic E-state index is 5.75. The van der Waals surface area contributed by atoms with Crippen LogP contribution in [0.15, 0.2) is 48.7 Å². The van der Waals surface area contributed by atoms with E-state index in [1.807, 2.05) is 30.5 Å². The fourth-order valence-electron chi connectivity index (χ4n) is 2.73. The van der Waals surface area contributed by atoms with Crippen molar-refractivity contribution in [1.82, 2.24) is 9.88 Å². The van der Waals surface area contributed by atoms with Gasteiger partial charge in [-0.3, -0.25) is 4.90 Å². The Labute approximate surface area is 126 Å². The van der Waals surface area contributed by atoms with Gasteiger partial charge in [-0.15, -0.1) is 0 Å². The molecule has 3 nitrogen and oxygen atoms in total. The number of rotatable bonds is 5. The molecule has 0 amide bonds. The summed E-state index contributed by atoms with van der Waals surface area (Å²) in [6.07, 6.45) is 5.90. The third-order valence-corrected chi connectivity index (χ3v) is 3.95. The van der Waals surface area contributed by atoms with Gasteiger partial charge in [0, 0.05) is 24.4 Å². The number of aromatic nitrogens is 1.